The van der Waals surface area contributed by atoms with Gasteiger partial charge in [-0.3, -0.25) is 4.79 Å². The highest BCUT2D eigenvalue weighted by molar-refractivity contribution is 5.76. The zero-order valence-electron chi connectivity index (χ0n) is 21.1. The van der Waals surface area contributed by atoms with E-state index in [1.54, 1.807) is 0 Å². The Morgan fingerprint density at radius 3 is 2.22 bits per heavy atom. The Balaban J connectivity index is 1.56. The van der Waals surface area contributed by atoms with E-state index < -0.39 is 11.4 Å². The molecule has 3 nitrogen and oxygen atoms in total. The van der Waals surface area contributed by atoms with Crippen molar-refractivity contribution in [3.63, 3.8) is 0 Å². The van der Waals surface area contributed by atoms with Crippen LogP contribution in [0.5, 0.6) is 0 Å². The first kappa shape index (κ1) is 22.9. The van der Waals surface area contributed by atoms with Gasteiger partial charge in [-0.25, -0.2) is 0 Å². The van der Waals surface area contributed by atoms with Crippen LogP contribution in [0.2, 0.25) is 0 Å². The normalized spacial score (nSPS) is 56.3. The van der Waals surface area contributed by atoms with E-state index in [2.05, 4.69) is 47.3 Å². The fraction of sp³-hybridized carbons (Fsp3) is 0.897. The summed E-state index contributed by atoms with van der Waals surface area (Å²) in [6.07, 6.45) is 12.5. The number of aliphatic hydroxyl groups excluding tert-OH is 1. The standard InChI is InChI=1S/C29H46O3/c1-7-18-10-15-29(24(31)32)17-16-27(5)19(23(18)29)8-9-21-26(4)13-12-22(30)25(2,3)20(26)11-14-28(21,27)6/h7,18-23,30H,1,8-17H2,2-6H3,(H,31,32)/t18-,19?,20?,21-,22+,23?,26+,27-,28-,29+/m1/s1. The Morgan fingerprint density at radius 2 is 1.56 bits per heavy atom. The van der Waals surface area contributed by atoms with E-state index in [0.29, 0.717) is 23.7 Å². The van der Waals surface area contributed by atoms with Crippen molar-refractivity contribution in [1.82, 2.24) is 0 Å². The highest BCUT2D eigenvalue weighted by atomic mass is 16.4. The first-order valence-corrected chi connectivity index (χ1v) is 13.4. The number of hydrogen-bond donors (Lipinski definition) is 2. The second kappa shape index (κ2) is 6.86. The Hall–Kier alpha value is -0.830. The number of rotatable bonds is 2. The minimum absolute atomic E-state index is 0.0174. The lowest BCUT2D eigenvalue weighted by molar-refractivity contribution is -0.247. The van der Waals surface area contributed by atoms with E-state index in [1.165, 1.54) is 25.7 Å². The largest absolute Gasteiger partial charge is 0.481 e. The topological polar surface area (TPSA) is 57.5 Å². The third-order valence-electron chi connectivity index (χ3n) is 13.2. The minimum Gasteiger partial charge on any atom is -0.481 e. The third-order valence-corrected chi connectivity index (χ3v) is 13.2. The van der Waals surface area contributed by atoms with E-state index >= 15 is 0 Å². The molecule has 3 unspecified atom stereocenters. The van der Waals surface area contributed by atoms with Crippen LogP contribution in [0.3, 0.4) is 0 Å². The van der Waals surface area contributed by atoms with Crippen LogP contribution in [0.25, 0.3) is 0 Å². The molecule has 32 heavy (non-hydrogen) atoms. The zero-order valence-corrected chi connectivity index (χ0v) is 21.1. The van der Waals surface area contributed by atoms with Gasteiger partial charge >= 0.3 is 5.97 Å². The van der Waals surface area contributed by atoms with Crippen molar-refractivity contribution < 1.29 is 15.0 Å². The van der Waals surface area contributed by atoms with Crippen LogP contribution in [0, 0.1) is 56.7 Å². The Labute approximate surface area is 195 Å². The van der Waals surface area contributed by atoms with Crippen LogP contribution in [-0.4, -0.2) is 22.3 Å². The van der Waals surface area contributed by atoms with Gasteiger partial charge < -0.3 is 10.2 Å². The summed E-state index contributed by atoms with van der Waals surface area (Å²) in [4.78, 5) is 12.6. The summed E-state index contributed by atoms with van der Waals surface area (Å²) in [6, 6.07) is 0. The maximum absolute atomic E-state index is 12.6. The van der Waals surface area contributed by atoms with Crippen LogP contribution in [0.1, 0.15) is 98.8 Å². The van der Waals surface area contributed by atoms with E-state index in [-0.39, 0.29) is 33.7 Å². The molecule has 0 heterocycles. The Morgan fingerprint density at radius 1 is 0.844 bits per heavy atom. The number of carboxylic acids is 1. The number of allylic oxidation sites excluding steroid dienone is 1. The molecular formula is C29H46O3. The molecular weight excluding hydrogens is 396 g/mol. The molecule has 0 radical (unpaired) electrons. The van der Waals surface area contributed by atoms with Crippen molar-refractivity contribution in [2.45, 2.75) is 105 Å². The summed E-state index contributed by atoms with van der Waals surface area (Å²) >= 11 is 0. The lowest BCUT2D eigenvalue weighted by Crippen LogP contribution is -2.67. The first-order valence-electron chi connectivity index (χ1n) is 13.4. The molecule has 0 saturated heterocycles. The SMILES string of the molecule is C=C[C@@H]1CC[C@]2(C(=O)O)CC[C@]3(C)C(CC[C@@H]4[C@@]5(C)CC[C@H](O)C(C)(C)C5CC[C@]43C)C12. The molecule has 3 heteroatoms. The summed E-state index contributed by atoms with van der Waals surface area (Å²) < 4.78 is 0. The fourth-order valence-electron chi connectivity index (χ4n) is 11.3. The predicted octanol–water partition coefficient (Wildman–Crippen LogP) is 6.70. The van der Waals surface area contributed by atoms with Crippen molar-refractivity contribution in [1.29, 1.82) is 0 Å². The fourth-order valence-corrected chi connectivity index (χ4v) is 11.3. The average molecular weight is 443 g/mol. The van der Waals surface area contributed by atoms with Crippen LogP contribution >= 0.6 is 0 Å². The number of fused-ring (bicyclic) bond motifs is 7. The molecule has 0 bridgehead atoms. The summed E-state index contributed by atoms with van der Waals surface area (Å²) in [7, 11) is 0. The molecule has 0 aromatic carbocycles. The molecule has 5 rings (SSSR count). The van der Waals surface area contributed by atoms with Gasteiger partial charge in [0.2, 0.25) is 0 Å². The molecule has 0 aromatic rings. The van der Waals surface area contributed by atoms with Gasteiger partial charge in [-0.15, -0.1) is 6.58 Å². The number of carboxylic acid groups (broad SMARTS) is 1. The summed E-state index contributed by atoms with van der Waals surface area (Å²) in [5.41, 5.74) is 0.178. The molecule has 5 fully saturated rings. The van der Waals surface area contributed by atoms with Gasteiger partial charge in [0.25, 0.3) is 0 Å². The van der Waals surface area contributed by atoms with E-state index in [4.69, 9.17) is 0 Å². The summed E-state index contributed by atoms with van der Waals surface area (Å²) in [6.45, 7) is 16.5. The molecule has 5 saturated carbocycles. The average Bonchev–Trinajstić information content (AvgIpc) is 3.12. The van der Waals surface area contributed by atoms with Crippen LogP contribution in [0.4, 0.5) is 0 Å². The molecule has 0 aliphatic heterocycles. The maximum atomic E-state index is 12.6. The lowest BCUT2D eigenvalue weighted by atomic mass is 9.32. The van der Waals surface area contributed by atoms with Gasteiger partial charge in [-0.05, 0) is 115 Å². The van der Waals surface area contributed by atoms with Gasteiger partial charge in [0, 0.05) is 0 Å². The Bertz CT molecular complexity index is 817. The summed E-state index contributed by atoms with van der Waals surface area (Å²) in [5, 5.41) is 21.3. The number of carbonyl (C=O) groups is 1. The molecule has 0 spiro atoms. The van der Waals surface area contributed by atoms with Crippen molar-refractivity contribution in [2.24, 2.45) is 56.7 Å². The van der Waals surface area contributed by atoms with Gasteiger partial charge in [0.15, 0.2) is 0 Å². The highest BCUT2D eigenvalue weighted by Crippen LogP contribution is 2.77. The van der Waals surface area contributed by atoms with Gasteiger partial charge in [0.05, 0.1) is 11.5 Å². The quantitative estimate of drug-likeness (QED) is 0.468. The molecule has 2 N–H and O–H groups in total. The van der Waals surface area contributed by atoms with Crippen molar-refractivity contribution in [3.05, 3.63) is 12.7 Å². The summed E-state index contributed by atoms with van der Waals surface area (Å²) in [5.74, 6) is 1.80. The molecule has 0 amide bonds. The number of aliphatic carboxylic acids is 1. The molecule has 180 valence electrons. The van der Waals surface area contributed by atoms with Gasteiger partial charge in [0.1, 0.15) is 0 Å². The minimum atomic E-state index is -0.542. The van der Waals surface area contributed by atoms with Crippen molar-refractivity contribution in [2.75, 3.05) is 0 Å². The second-order valence-electron chi connectivity index (χ2n) is 14.0. The van der Waals surface area contributed by atoms with Crippen molar-refractivity contribution in [3.8, 4) is 0 Å². The zero-order chi connectivity index (χ0) is 23.3. The van der Waals surface area contributed by atoms with Crippen molar-refractivity contribution >= 4 is 5.97 Å². The second-order valence-corrected chi connectivity index (χ2v) is 14.0. The molecule has 5 aliphatic rings. The number of aliphatic hydroxyl groups is 1. The van der Waals surface area contributed by atoms with Crippen LogP contribution < -0.4 is 0 Å². The predicted molar refractivity (Wildman–Crippen MR) is 128 cm³/mol. The van der Waals surface area contributed by atoms with Crippen LogP contribution in [0.15, 0.2) is 12.7 Å². The van der Waals surface area contributed by atoms with Gasteiger partial charge in [-0.2, -0.15) is 0 Å². The molecule has 10 atom stereocenters. The Kier molecular flexibility index (Phi) is 4.92. The molecule has 5 aliphatic carbocycles. The molecule has 0 aromatic heterocycles. The van der Waals surface area contributed by atoms with Gasteiger partial charge in [-0.1, -0.05) is 40.7 Å². The first-order chi connectivity index (χ1) is 14.9. The van der Waals surface area contributed by atoms with E-state index in [0.717, 1.165) is 38.5 Å². The number of hydrogen-bond acceptors (Lipinski definition) is 2. The van der Waals surface area contributed by atoms with E-state index in [9.17, 15) is 15.0 Å². The van der Waals surface area contributed by atoms with E-state index in [1.807, 2.05) is 0 Å². The third kappa shape index (κ3) is 2.50. The monoisotopic (exact) mass is 442 g/mol. The maximum Gasteiger partial charge on any atom is 0.309 e. The smallest absolute Gasteiger partial charge is 0.309 e. The lowest BCUT2D eigenvalue weighted by Gasteiger charge is -2.72. The van der Waals surface area contributed by atoms with Crippen LogP contribution in [-0.2, 0) is 4.79 Å². The highest BCUT2D eigenvalue weighted by Gasteiger charge is 2.71.